The predicted octanol–water partition coefficient (Wildman–Crippen LogP) is 5.15. The highest BCUT2D eigenvalue weighted by Gasteiger charge is 2.33. The number of ether oxygens (including phenoxy) is 2. The fraction of sp³-hybridized carbons (Fsp3) is 0.167. The van der Waals surface area contributed by atoms with Gasteiger partial charge in [0.25, 0.3) is 0 Å². The van der Waals surface area contributed by atoms with Crippen LogP contribution in [0.5, 0.6) is 0 Å². The molecule has 0 aliphatic carbocycles. The van der Waals surface area contributed by atoms with Crippen molar-refractivity contribution >= 4 is 102 Å². The summed E-state index contributed by atoms with van der Waals surface area (Å²) in [6.07, 6.45) is 7.63. The lowest BCUT2D eigenvalue weighted by Crippen LogP contribution is -3.00. The Morgan fingerprint density at radius 3 is 1.20 bits per heavy atom. The van der Waals surface area contributed by atoms with E-state index in [0.717, 1.165) is 39.9 Å². The van der Waals surface area contributed by atoms with E-state index in [0.29, 0.717) is 43.5 Å². The maximum absolute atomic E-state index is 14.1. The van der Waals surface area contributed by atoms with Crippen molar-refractivity contribution < 1.29 is 85.7 Å². The van der Waals surface area contributed by atoms with Gasteiger partial charge < -0.3 is 57.4 Å². The number of halogens is 4. The van der Waals surface area contributed by atoms with Crippen molar-refractivity contribution in [2.75, 3.05) is 13.2 Å². The van der Waals surface area contributed by atoms with Crippen LogP contribution in [0.1, 0.15) is 66.6 Å². The quantitative estimate of drug-likeness (QED) is 0.0384. The Bertz CT molecular complexity index is 2510. The molecule has 0 atom stereocenters. The summed E-state index contributed by atoms with van der Waals surface area (Å²) in [5.74, 6) is 0.168. The molecule has 0 N–H and O–H groups in total. The Labute approximate surface area is 439 Å². The van der Waals surface area contributed by atoms with E-state index in [1.54, 1.807) is 61.6 Å². The molecular weight excluding hydrogens is 1240 g/mol. The van der Waals surface area contributed by atoms with Gasteiger partial charge in [0, 0.05) is 55.8 Å². The van der Waals surface area contributed by atoms with Crippen LogP contribution in [0.3, 0.4) is 0 Å². The van der Waals surface area contributed by atoms with Gasteiger partial charge in [0.15, 0.2) is 24.8 Å². The van der Waals surface area contributed by atoms with Gasteiger partial charge in [-0.05, 0) is 73.5 Å². The summed E-state index contributed by atoms with van der Waals surface area (Å²) >= 11 is 13.0. The highest BCUT2D eigenvalue weighted by Crippen LogP contribution is 2.42. The lowest BCUT2D eigenvalue weighted by Gasteiger charge is -2.06. The van der Waals surface area contributed by atoms with Crippen molar-refractivity contribution in [2.24, 2.45) is 0 Å². The lowest BCUT2D eigenvalue weighted by molar-refractivity contribution is -0.598. The molecule has 0 unspecified atom stereocenters. The minimum atomic E-state index is -0.391. The van der Waals surface area contributed by atoms with Gasteiger partial charge >= 0.3 is 11.9 Å². The van der Waals surface area contributed by atoms with Crippen molar-refractivity contribution in [2.45, 2.75) is 46.6 Å². The topological polar surface area (TPSA) is 94.5 Å². The average Bonchev–Trinajstić information content (AvgIpc) is 3.83. The summed E-state index contributed by atoms with van der Waals surface area (Å²) < 4.78 is 18.3. The highest BCUT2D eigenvalue weighted by atomic mass is 127. The summed E-state index contributed by atoms with van der Waals surface area (Å²) in [6.45, 7) is 4.03. The molecule has 64 heavy (non-hydrogen) atoms. The van der Waals surface area contributed by atoms with Crippen LogP contribution in [0.15, 0.2) is 151 Å². The third-order valence-electron chi connectivity index (χ3n) is 9.48. The van der Waals surface area contributed by atoms with E-state index < -0.39 is 11.9 Å². The van der Waals surface area contributed by atoms with Gasteiger partial charge in [-0.25, -0.2) is 0 Å². The summed E-state index contributed by atoms with van der Waals surface area (Å²) in [5.41, 5.74) is 6.12. The second kappa shape index (κ2) is 25.0. The van der Waals surface area contributed by atoms with Crippen LogP contribution in [0.4, 0.5) is 0 Å². The van der Waals surface area contributed by atoms with E-state index in [9.17, 15) is 19.2 Å². The second-order valence-electron chi connectivity index (χ2n) is 13.7. The number of nitrogens with zero attached hydrogens (tertiary/aromatic N) is 2. The molecule has 330 valence electrons. The third kappa shape index (κ3) is 13.0. The molecule has 8 nitrogen and oxygen atoms in total. The lowest BCUT2D eigenvalue weighted by atomic mass is 10.0. The normalized spacial score (nSPS) is 10.7. The molecule has 4 heterocycles. The Morgan fingerprint density at radius 2 is 0.875 bits per heavy atom. The summed E-state index contributed by atoms with van der Waals surface area (Å²) in [4.78, 5) is 55.2. The number of thiophene rings is 2. The molecule has 4 aromatic heterocycles. The average molecular weight is 1280 g/mol. The molecule has 0 fully saturated rings. The zero-order chi connectivity index (χ0) is 43.6. The fourth-order valence-electron chi connectivity index (χ4n) is 6.58. The summed E-state index contributed by atoms with van der Waals surface area (Å²) in [7, 11) is 0. The van der Waals surface area contributed by atoms with Gasteiger partial charge in [-0.3, -0.25) is 19.2 Å². The second-order valence-corrected chi connectivity index (χ2v) is 20.0. The van der Waals surface area contributed by atoms with E-state index in [4.69, 9.17) is 9.47 Å². The van der Waals surface area contributed by atoms with Crippen LogP contribution >= 0.6 is 78.1 Å². The summed E-state index contributed by atoms with van der Waals surface area (Å²) in [5, 5.41) is 0. The minimum absolute atomic E-state index is 0. The molecule has 7 aromatic rings. The van der Waals surface area contributed by atoms with Crippen LogP contribution < -0.4 is 57.1 Å². The summed E-state index contributed by atoms with van der Waals surface area (Å²) in [6, 6.07) is 34.5. The van der Waals surface area contributed by atoms with E-state index in [1.165, 1.54) is 22.7 Å². The number of carbonyl (C=O) groups is 4. The van der Waals surface area contributed by atoms with E-state index in [1.807, 2.05) is 94.6 Å². The van der Waals surface area contributed by atoms with E-state index >= 15 is 0 Å². The zero-order valence-electron chi connectivity index (χ0n) is 34.4. The molecule has 0 saturated carbocycles. The maximum Gasteiger partial charge on any atom is 0.310 e. The maximum atomic E-state index is 14.1. The molecule has 0 radical (unpaired) electrons. The predicted molar refractivity (Wildman–Crippen MR) is 253 cm³/mol. The first-order valence-electron chi connectivity index (χ1n) is 19.6. The largest absolute Gasteiger partial charge is 1.00 e. The molecule has 3 aromatic carbocycles. The molecule has 0 bridgehead atoms. The third-order valence-corrected chi connectivity index (χ3v) is 15.6. The minimum Gasteiger partial charge on any atom is -1.00 e. The van der Waals surface area contributed by atoms with Crippen molar-refractivity contribution in [1.29, 1.82) is 0 Å². The highest BCUT2D eigenvalue weighted by molar-refractivity contribution is 9.10. The molecule has 7 rings (SSSR count). The van der Waals surface area contributed by atoms with Crippen LogP contribution in [0.25, 0.3) is 11.4 Å². The van der Waals surface area contributed by atoms with Gasteiger partial charge in [0.2, 0.25) is 22.9 Å². The number of ketones is 2. The first-order chi connectivity index (χ1) is 30.1. The standard InChI is InChI=1S/C48H40Br2N2O6S4.2HI/c1-3-57-39(53)27-37-41(51-23-7-5-8-24-51)47(61-45(37)43(55)33-15-19-35(49)20-16-33)59-29-31-11-13-32(14-12-31)30-60-48-42(52-25-9-6-10-26-52)38(28-40(54)58-4-2)46(62-48)44(56)34-17-21-36(50)22-18-34;;/h5-26H,3-4,27-30H2,1-2H3;2*1H/q+2;;/p-2. The number of hydrogen-bond acceptors (Lipinski definition) is 10. The molecular formula is C48H40Br2I2N2O6S4. The Kier molecular flexibility index (Phi) is 20.3. The number of benzene rings is 3. The molecule has 0 aliphatic rings. The molecule has 0 amide bonds. The number of aromatic nitrogens is 2. The van der Waals surface area contributed by atoms with Gasteiger partial charge in [-0.15, -0.1) is 46.2 Å². The number of pyridine rings is 2. The number of thioether (sulfide) groups is 2. The Morgan fingerprint density at radius 1 is 0.531 bits per heavy atom. The number of carbonyl (C=O) groups excluding carboxylic acids is 4. The SMILES string of the molecule is CCOC(=O)Cc1c(C(=O)c2ccc(Br)cc2)sc(SCc2ccc(CSc3sc(C(=O)c4ccc(Br)cc4)c(CC(=O)OCC)c3-[n+]3ccccc3)cc2)c1-[n+]1ccccc1.[I-].[I-]. The van der Waals surface area contributed by atoms with Gasteiger partial charge in [0.1, 0.15) is 8.42 Å². The van der Waals surface area contributed by atoms with Crippen molar-refractivity contribution in [3.05, 3.63) is 186 Å². The first-order valence-corrected chi connectivity index (χ1v) is 24.8. The van der Waals surface area contributed by atoms with Crippen LogP contribution in [0, 0.1) is 0 Å². The van der Waals surface area contributed by atoms with Crippen LogP contribution in [-0.2, 0) is 43.4 Å². The fourth-order valence-corrected chi connectivity index (χ4v) is 12.2. The number of esters is 2. The zero-order valence-corrected chi connectivity index (χ0v) is 45.2. The van der Waals surface area contributed by atoms with Crippen molar-refractivity contribution in [3.8, 4) is 11.4 Å². The van der Waals surface area contributed by atoms with Gasteiger partial charge in [-0.2, -0.15) is 9.13 Å². The first kappa shape index (κ1) is 51.7. The molecule has 0 spiro atoms. The molecule has 0 saturated heterocycles. The van der Waals surface area contributed by atoms with Gasteiger partial charge in [0.05, 0.1) is 46.9 Å². The molecule has 0 aliphatic heterocycles. The van der Waals surface area contributed by atoms with Crippen LogP contribution in [0.2, 0.25) is 0 Å². The van der Waals surface area contributed by atoms with Crippen molar-refractivity contribution in [1.82, 2.24) is 0 Å². The number of hydrogen-bond donors (Lipinski definition) is 0. The van der Waals surface area contributed by atoms with Gasteiger partial charge in [-0.1, -0.05) is 68.3 Å². The molecule has 16 heteroatoms. The monoisotopic (exact) mass is 1280 g/mol. The van der Waals surface area contributed by atoms with Crippen molar-refractivity contribution in [3.63, 3.8) is 0 Å². The number of rotatable bonds is 18. The Balaban J connectivity index is 0.00000385. The van der Waals surface area contributed by atoms with E-state index in [2.05, 4.69) is 56.1 Å². The smallest absolute Gasteiger partial charge is 0.310 e. The van der Waals surface area contributed by atoms with Crippen LogP contribution in [-0.4, -0.2) is 36.7 Å². The van der Waals surface area contributed by atoms with E-state index in [-0.39, 0.29) is 85.6 Å². The Hall–Kier alpha value is -3.24.